The third kappa shape index (κ3) is 7.38. The Morgan fingerprint density at radius 2 is 1.86 bits per heavy atom. The topological polar surface area (TPSA) is 73.6 Å². The van der Waals surface area contributed by atoms with Gasteiger partial charge in [-0.15, -0.1) is 0 Å². The molecule has 3 aromatic rings. The number of hydrogen-bond donors (Lipinski definition) is 1. The summed E-state index contributed by atoms with van der Waals surface area (Å²) in [5.74, 6) is 1.46. The first kappa shape index (κ1) is 26.9. The first-order valence-corrected chi connectivity index (χ1v) is 13.0. The highest BCUT2D eigenvalue weighted by Gasteiger charge is 2.16. The van der Waals surface area contributed by atoms with Crippen molar-refractivity contribution in [2.24, 2.45) is 5.92 Å². The number of carbonyl (C=O) groups is 1. The van der Waals surface area contributed by atoms with Crippen LogP contribution in [0.25, 0.3) is 11.0 Å². The Labute approximate surface area is 213 Å². The van der Waals surface area contributed by atoms with Crippen molar-refractivity contribution in [2.75, 3.05) is 13.2 Å². The highest BCUT2D eigenvalue weighted by molar-refractivity contribution is 6.31. The minimum absolute atomic E-state index is 0.277. The molecule has 6 nitrogen and oxygen atoms in total. The number of para-hydroxylation sites is 1. The number of carboxylic acid groups (broad SMARTS) is 1. The number of benzene rings is 2. The summed E-state index contributed by atoms with van der Waals surface area (Å²) in [6.45, 7) is 7.89. The fraction of sp³-hybridized carbons (Fsp3) is 0.500. The number of ether oxygens (including phenoxy) is 2. The molecule has 1 heterocycles. The summed E-state index contributed by atoms with van der Waals surface area (Å²) >= 11 is 6.62. The number of aryl methyl sites for hydroxylation is 1. The number of aromatic nitrogens is 2. The van der Waals surface area contributed by atoms with Crippen LogP contribution in [-0.4, -0.2) is 33.8 Å². The summed E-state index contributed by atoms with van der Waals surface area (Å²) in [7, 11) is 0. The van der Waals surface area contributed by atoms with Crippen LogP contribution < -0.4 is 9.47 Å². The van der Waals surface area contributed by atoms with Crippen molar-refractivity contribution in [3.63, 3.8) is 0 Å². The van der Waals surface area contributed by atoms with Crippen LogP contribution in [0, 0.1) is 12.8 Å². The number of nitrogens with zero attached hydrogens (tertiary/aromatic N) is 2. The SMILES string of the molecule is CCCCCOc1ccc(Cn2c(C)nc3cccc(OCCCCC(CC)C(=O)O)c32)c(Cl)c1. The van der Waals surface area contributed by atoms with Gasteiger partial charge < -0.3 is 19.1 Å². The number of halogens is 1. The average molecular weight is 501 g/mol. The Kier molecular flexibility index (Phi) is 10.3. The van der Waals surface area contributed by atoms with E-state index in [0.717, 1.165) is 66.0 Å². The smallest absolute Gasteiger partial charge is 0.306 e. The Balaban J connectivity index is 1.68. The molecule has 2 aromatic carbocycles. The van der Waals surface area contributed by atoms with Crippen molar-refractivity contribution >= 4 is 28.6 Å². The van der Waals surface area contributed by atoms with E-state index in [-0.39, 0.29) is 5.92 Å². The maximum absolute atomic E-state index is 11.2. The van der Waals surface area contributed by atoms with Gasteiger partial charge in [-0.25, -0.2) is 4.98 Å². The number of fused-ring (bicyclic) bond motifs is 1. The van der Waals surface area contributed by atoms with Crippen LogP contribution in [0.1, 0.15) is 70.2 Å². The van der Waals surface area contributed by atoms with Gasteiger partial charge in [-0.3, -0.25) is 4.79 Å². The van der Waals surface area contributed by atoms with E-state index in [1.165, 1.54) is 0 Å². The molecule has 1 atom stereocenters. The van der Waals surface area contributed by atoms with Gasteiger partial charge in [-0.05, 0) is 68.9 Å². The van der Waals surface area contributed by atoms with E-state index in [0.29, 0.717) is 37.6 Å². The molecule has 190 valence electrons. The molecule has 1 unspecified atom stereocenters. The lowest BCUT2D eigenvalue weighted by molar-refractivity contribution is -0.142. The first-order valence-electron chi connectivity index (χ1n) is 12.7. The quantitative estimate of drug-likeness (QED) is 0.222. The van der Waals surface area contributed by atoms with Crippen molar-refractivity contribution in [2.45, 2.75) is 72.3 Å². The zero-order valence-electron chi connectivity index (χ0n) is 21.1. The number of rotatable bonds is 15. The zero-order chi connectivity index (χ0) is 25.2. The first-order chi connectivity index (χ1) is 16.9. The molecule has 0 aliphatic rings. The van der Waals surface area contributed by atoms with Crippen molar-refractivity contribution in [3.8, 4) is 11.5 Å². The van der Waals surface area contributed by atoms with Gasteiger partial charge in [0, 0.05) is 5.02 Å². The number of carboxylic acids is 1. The molecule has 3 rings (SSSR count). The van der Waals surface area contributed by atoms with Gasteiger partial charge in [-0.2, -0.15) is 0 Å². The fourth-order valence-corrected chi connectivity index (χ4v) is 4.44. The summed E-state index contributed by atoms with van der Waals surface area (Å²) in [5.41, 5.74) is 2.81. The van der Waals surface area contributed by atoms with Gasteiger partial charge in [0.2, 0.25) is 0 Å². The molecule has 0 fully saturated rings. The van der Waals surface area contributed by atoms with Crippen molar-refractivity contribution in [1.82, 2.24) is 9.55 Å². The molecule has 1 aromatic heterocycles. The third-order valence-corrected chi connectivity index (χ3v) is 6.69. The van der Waals surface area contributed by atoms with E-state index < -0.39 is 5.97 Å². The summed E-state index contributed by atoms with van der Waals surface area (Å²) < 4.78 is 14.1. The standard InChI is InChI=1S/C28H37ClN2O4/c1-4-6-8-16-34-23-15-14-22(24(29)18-23)19-31-20(3)30-25-12-10-13-26(27(25)31)35-17-9-7-11-21(5-2)28(32)33/h10,12-15,18,21H,4-9,11,16-17,19H2,1-3H3,(H,32,33). The van der Waals surface area contributed by atoms with Crippen LogP contribution in [0.3, 0.4) is 0 Å². The molecule has 7 heteroatoms. The lowest BCUT2D eigenvalue weighted by Crippen LogP contribution is -2.12. The Morgan fingerprint density at radius 3 is 2.57 bits per heavy atom. The molecule has 0 aliphatic heterocycles. The predicted molar refractivity (Wildman–Crippen MR) is 141 cm³/mol. The number of hydrogen-bond acceptors (Lipinski definition) is 4. The van der Waals surface area contributed by atoms with E-state index in [1.807, 2.05) is 50.2 Å². The van der Waals surface area contributed by atoms with Crippen LogP contribution >= 0.6 is 11.6 Å². The minimum Gasteiger partial charge on any atom is -0.494 e. The number of imidazole rings is 1. The van der Waals surface area contributed by atoms with Crippen molar-refractivity contribution in [3.05, 3.63) is 52.8 Å². The molecular weight excluding hydrogens is 464 g/mol. The highest BCUT2D eigenvalue weighted by atomic mass is 35.5. The number of aliphatic carboxylic acids is 1. The highest BCUT2D eigenvalue weighted by Crippen LogP contribution is 2.30. The molecular formula is C28H37ClN2O4. The average Bonchev–Trinajstić information content (AvgIpc) is 3.16. The Bertz CT molecular complexity index is 1110. The Morgan fingerprint density at radius 1 is 1.09 bits per heavy atom. The van der Waals surface area contributed by atoms with Crippen LogP contribution in [-0.2, 0) is 11.3 Å². The normalized spacial score (nSPS) is 12.1. The summed E-state index contributed by atoms with van der Waals surface area (Å²) in [6.07, 6.45) is 6.32. The van der Waals surface area contributed by atoms with Crippen LogP contribution in [0.5, 0.6) is 11.5 Å². The van der Waals surface area contributed by atoms with Gasteiger partial charge >= 0.3 is 5.97 Å². The van der Waals surface area contributed by atoms with Crippen molar-refractivity contribution in [1.29, 1.82) is 0 Å². The van der Waals surface area contributed by atoms with Gasteiger partial charge in [0.15, 0.2) is 0 Å². The minimum atomic E-state index is -0.715. The van der Waals surface area contributed by atoms with Crippen LogP contribution in [0.15, 0.2) is 36.4 Å². The van der Waals surface area contributed by atoms with Crippen molar-refractivity contribution < 1.29 is 19.4 Å². The van der Waals surface area contributed by atoms with Gasteiger partial charge in [0.25, 0.3) is 0 Å². The lowest BCUT2D eigenvalue weighted by Gasteiger charge is -2.14. The molecule has 0 spiro atoms. The molecule has 0 radical (unpaired) electrons. The van der Waals surface area contributed by atoms with Crippen LogP contribution in [0.2, 0.25) is 5.02 Å². The zero-order valence-corrected chi connectivity index (χ0v) is 21.8. The fourth-order valence-electron chi connectivity index (χ4n) is 4.21. The van der Waals surface area contributed by atoms with E-state index in [9.17, 15) is 9.90 Å². The van der Waals surface area contributed by atoms with E-state index in [4.69, 9.17) is 26.1 Å². The molecule has 0 saturated carbocycles. The Hall–Kier alpha value is -2.73. The molecule has 0 aliphatic carbocycles. The lowest BCUT2D eigenvalue weighted by atomic mass is 10.00. The van der Waals surface area contributed by atoms with Gasteiger partial charge in [0.1, 0.15) is 22.8 Å². The van der Waals surface area contributed by atoms with Gasteiger partial charge in [0.05, 0.1) is 31.2 Å². The second-order valence-electron chi connectivity index (χ2n) is 8.97. The number of unbranched alkanes of at least 4 members (excludes halogenated alkanes) is 3. The van der Waals surface area contributed by atoms with Crippen LogP contribution in [0.4, 0.5) is 0 Å². The van der Waals surface area contributed by atoms with E-state index in [2.05, 4.69) is 11.5 Å². The molecule has 35 heavy (non-hydrogen) atoms. The summed E-state index contributed by atoms with van der Waals surface area (Å²) in [4.78, 5) is 15.9. The second kappa shape index (κ2) is 13.4. The maximum atomic E-state index is 11.2. The monoisotopic (exact) mass is 500 g/mol. The van der Waals surface area contributed by atoms with Gasteiger partial charge in [-0.1, -0.05) is 50.4 Å². The second-order valence-corrected chi connectivity index (χ2v) is 9.37. The summed E-state index contributed by atoms with van der Waals surface area (Å²) in [5, 5.41) is 9.88. The molecule has 0 saturated heterocycles. The van der Waals surface area contributed by atoms with E-state index in [1.54, 1.807) is 0 Å². The maximum Gasteiger partial charge on any atom is 0.306 e. The van der Waals surface area contributed by atoms with E-state index >= 15 is 0 Å². The molecule has 1 N–H and O–H groups in total. The molecule has 0 bridgehead atoms. The largest absolute Gasteiger partial charge is 0.494 e. The summed E-state index contributed by atoms with van der Waals surface area (Å²) in [6, 6.07) is 11.8. The molecule has 0 amide bonds. The predicted octanol–water partition coefficient (Wildman–Crippen LogP) is 7.28. The third-order valence-electron chi connectivity index (χ3n) is 6.34.